The molecule has 0 bridgehead atoms. The lowest BCUT2D eigenvalue weighted by Gasteiger charge is -2.30. The lowest BCUT2D eigenvalue weighted by Crippen LogP contribution is -2.37. The van der Waals surface area contributed by atoms with Crippen LogP contribution < -0.4 is 16.0 Å². The summed E-state index contributed by atoms with van der Waals surface area (Å²) in [5, 5.41) is 2.80. The first-order valence-electron chi connectivity index (χ1n) is 7.06. The van der Waals surface area contributed by atoms with Crippen molar-refractivity contribution in [3.05, 3.63) is 23.8 Å². The molecule has 1 saturated heterocycles. The fraction of sp³-hybridized carbons (Fsp3) is 0.533. The van der Waals surface area contributed by atoms with Crippen molar-refractivity contribution in [2.45, 2.75) is 32.4 Å². The van der Waals surface area contributed by atoms with E-state index >= 15 is 0 Å². The molecule has 1 aromatic rings. The normalized spacial score (nSPS) is 21.8. The van der Waals surface area contributed by atoms with Crippen LogP contribution in [0.1, 0.15) is 30.6 Å². The van der Waals surface area contributed by atoms with Crippen molar-refractivity contribution in [3.63, 3.8) is 0 Å². The molecule has 0 saturated carbocycles. The molecule has 20 heavy (non-hydrogen) atoms. The molecule has 0 aromatic heterocycles. The van der Waals surface area contributed by atoms with Crippen molar-refractivity contribution >= 4 is 17.3 Å². The van der Waals surface area contributed by atoms with E-state index in [1.807, 2.05) is 20.0 Å². The molecule has 2 rings (SSSR count). The molecule has 1 aromatic carbocycles. The smallest absolute Gasteiger partial charge is 0.251 e. The van der Waals surface area contributed by atoms with Crippen LogP contribution in [0.2, 0.25) is 0 Å². The Morgan fingerprint density at radius 2 is 2.30 bits per heavy atom. The van der Waals surface area contributed by atoms with Crippen molar-refractivity contribution in [1.82, 2.24) is 5.32 Å². The van der Waals surface area contributed by atoms with Gasteiger partial charge >= 0.3 is 0 Å². The minimum absolute atomic E-state index is 0.0714. The largest absolute Gasteiger partial charge is 0.397 e. The quantitative estimate of drug-likeness (QED) is 0.821. The first kappa shape index (κ1) is 14.7. The maximum atomic E-state index is 11.9. The summed E-state index contributed by atoms with van der Waals surface area (Å²) >= 11 is 0. The summed E-state index contributed by atoms with van der Waals surface area (Å²) in [6, 6.07) is 5.69. The average Bonchev–Trinajstić information content (AvgIpc) is 2.85. The number of carbonyl (C=O) groups excluding carboxylic acids is 1. The van der Waals surface area contributed by atoms with Gasteiger partial charge in [0.05, 0.1) is 23.5 Å². The van der Waals surface area contributed by atoms with Crippen LogP contribution in [0, 0.1) is 0 Å². The van der Waals surface area contributed by atoms with Crippen molar-refractivity contribution in [3.8, 4) is 0 Å². The third kappa shape index (κ3) is 2.88. The number of hydrogen-bond acceptors (Lipinski definition) is 4. The molecule has 2 atom stereocenters. The van der Waals surface area contributed by atoms with E-state index in [0.717, 1.165) is 18.7 Å². The van der Waals surface area contributed by atoms with E-state index in [-0.39, 0.29) is 12.0 Å². The maximum absolute atomic E-state index is 11.9. The molecular formula is C15H23N3O2. The molecule has 5 heteroatoms. The topological polar surface area (TPSA) is 67.6 Å². The number of carbonyl (C=O) groups is 1. The van der Waals surface area contributed by atoms with Gasteiger partial charge in [-0.05, 0) is 38.5 Å². The summed E-state index contributed by atoms with van der Waals surface area (Å²) in [4.78, 5) is 14.0. The second-order valence-electron chi connectivity index (χ2n) is 5.18. The van der Waals surface area contributed by atoms with Gasteiger partial charge in [0, 0.05) is 25.8 Å². The molecule has 1 heterocycles. The summed E-state index contributed by atoms with van der Waals surface area (Å²) in [6.07, 6.45) is 1.15. The zero-order valence-corrected chi connectivity index (χ0v) is 12.3. The predicted molar refractivity (Wildman–Crippen MR) is 81.1 cm³/mol. The van der Waals surface area contributed by atoms with E-state index in [1.165, 1.54) is 0 Å². The van der Waals surface area contributed by atoms with Gasteiger partial charge < -0.3 is 20.7 Å². The van der Waals surface area contributed by atoms with Crippen LogP contribution in [0.25, 0.3) is 0 Å². The van der Waals surface area contributed by atoms with Crippen molar-refractivity contribution in [2.24, 2.45) is 0 Å². The van der Waals surface area contributed by atoms with E-state index < -0.39 is 0 Å². The summed E-state index contributed by atoms with van der Waals surface area (Å²) in [5.74, 6) is -0.0714. The van der Waals surface area contributed by atoms with Crippen LogP contribution in [0.4, 0.5) is 11.4 Å². The van der Waals surface area contributed by atoms with E-state index in [0.29, 0.717) is 23.8 Å². The Morgan fingerprint density at radius 1 is 1.55 bits per heavy atom. The van der Waals surface area contributed by atoms with Crippen LogP contribution in [-0.4, -0.2) is 38.3 Å². The molecule has 110 valence electrons. The highest BCUT2D eigenvalue weighted by molar-refractivity contribution is 5.96. The van der Waals surface area contributed by atoms with Gasteiger partial charge in [0.15, 0.2) is 0 Å². The van der Waals surface area contributed by atoms with E-state index in [4.69, 9.17) is 10.5 Å². The monoisotopic (exact) mass is 277 g/mol. The summed E-state index contributed by atoms with van der Waals surface area (Å²) in [5.41, 5.74) is 8.26. The van der Waals surface area contributed by atoms with Crippen molar-refractivity contribution < 1.29 is 9.53 Å². The van der Waals surface area contributed by atoms with Gasteiger partial charge in [-0.2, -0.15) is 0 Å². The molecule has 2 unspecified atom stereocenters. The Hall–Kier alpha value is -1.75. The number of benzene rings is 1. The van der Waals surface area contributed by atoms with Gasteiger partial charge in [-0.3, -0.25) is 4.79 Å². The fourth-order valence-corrected chi connectivity index (χ4v) is 2.66. The second kappa shape index (κ2) is 6.13. The highest BCUT2D eigenvalue weighted by atomic mass is 16.5. The van der Waals surface area contributed by atoms with Gasteiger partial charge in [-0.15, -0.1) is 0 Å². The number of ether oxygens (including phenoxy) is 1. The molecule has 1 fully saturated rings. The molecule has 5 nitrogen and oxygen atoms in total. The number of amides is 1. The molecular weight excluding hydrogens is 254 g/mol. The molecule has 1 amide bonds. The number of rotatable bonds is 4. The lowest BCUT2D eigenvalue weighted by atomic mass is 10.1. The molecule has 0 aliphatic carbocycles. The zero-order valence-electron chi connectivity index (χ0n) is 12.3. The molecule has 0 spiro atoms. The van der Waals surface area contributed by atoms with Crippen LogP contribution >= 0.6 is 0 Å². The predicted octanol–water partition coefficient (Wildman–Crippen LogP) is 1.63. The minimum atomic E-state index is -0.0714. The first-order valence-corrected chi connectivity index (χ1v) is 7.06. The summed E-state index contributed by atoms with van der Waals surface area (Å²) in [7, 11) is 2.00. The Labute approximate surface area is 120 Å². The van der Waals surface area contributed by atoms with Gasteiger partial charge in [0.25, 0.3) is 5.91 Å². The third-order valence-electron chi connectivity index (χ3n) is 3.84. The molecule has 1 aliphatic heterocycles. The maximum Gasteiger partial charge on any atom is 0.251 e. The number of nitrogens with two attached hydrogens (primary N) is 1. The van der Waals surface area contributed by atoms with Gasteiger partial charge in [0.1, 0.15) is 0 Å². The third-order valence-corrected chi connectivity index (χ3v) is 3.84. The van der Waals surface area contributed by atoms with Crippen LogP contribution in [-0.2, 0) is 4.74 Å². The van der Waals surface area contributed by atoms with Crippen LogP contribution in [0.15, 0.2) is 18.2 Å². The number of anilines is 2. The first-order chi connectivity index (χ1) is 9.54. The fourth-order valence-electron chi connectivity index (χ4n) is 2.66. The highest BCUT2D eigenvalue weighted by Crippen LogP contribution is 2.29. The number of nitrogen functional groups attached to an aromatic ring is 1. The van der Waals surface area contributed by atoms with Gasteiger partial charge in [-0.25, -0.2) is 0 Å². The number of nitrogens with one attached hydrogen (secondary N) is 1. The number of likely N-dealkylation sites (N-methyl/N-ethyl adjacent to an activating group) is 1. The van der Waals surface area contributed by atoms with Crippen LogP contribution in [0.5, 0.6) is 0 Å². The second-order valence-corrected chi connectivity index (χ2v) is 5.18. The van der Waals surface area contributed by atoms with Gasteiger partial charge in [-0.1, -0.05) is 0 Å². The Morgan fingerprint density at radius 3 is 2.90 bits per heavy atom. The molecule has 3 N–H and O–H groups in total. The minimum Gasteiger partial charge on any atom is -0.397 e. The van der Waals surface area contributed by atoms with Gasteiger partial charge in [0.2, 0.25) is 0 Å². The van der Waals surface area contributed by atoms with Crippen molar-refractivity contribution in [1.29, 1.82) is 0 Å². The number of nitrogens with zero attached hydrogens (tertiary/aromatic N) is 1. The van der Waals surface area contributed by atoms with E-state index in [9.17, 15) is 4.79 Å². The summed E-state index contributed by atoms with van der Waals surface area (Å²) < 4.78 is 5.60. The number of hydrogen-bond donors (Lipinski definition) is 2. The standard InChI is InChI=1S/C15H23N3O2/c1-4-17-15(19)11-5-6-12(16)14(9-11)18(3)13-7-8-20-10(13)2/h5-6,9-10,13H,4,7-8,16H2,1-3H3,(H,17,19). The Balaban J connectivity index is 2.26. The highest BCUT2D eigenvalue weighted by Gasteiger charge is 2.29. The lowest BCUT2D eigenvalue weighted by molar-refractivity contribution is 0.0956. The molecule has 0 radical (unpaired) electrons. The SMILES string of the molecule is CCNC(=O)c1ccc(N)c(N(C)C2CCOC2C)c1. The zero-order chi connectivity index (χ0) is 14.7. The van der Waals surface area contributed by atoms with Crippen LogP contribution in [0.3, 0.4) is 0 Å². The van der Waals surface area contributed by atoms with Crippen molar-refractivity contribution in [2.75, 3.05) is 30.8 Å². The average molecular weight is 277 g/mol. The van der Waals surface area contributed by atoms with E-state index in [2.05, 4.69) is 17.1 Å². The Kier molecular flexibility index (Phi) is 4.49. The Bertz CT molecular complexity index is 490. The molecule has 1 aliphatic rings. The summed E-state index contributed by atoms with van der Waals surface area (Å²) in [6.45, 7) is 5.35. The van der Waals surface area contributed by atoms with E-state index in [1.54, 1.807) is 12.1 Å².